The minimum absolute atomic E-state index is 0.0966. The summed E-state index contributed by atoms with van der Waals surface area (Å²) in [5.41, 5.74) is 0.512. The summed E-state index contributed by atoms with van der Waals surface area (Å²) in [4.78, 5) is 26.4. The molecule has 0 heterocycles. The Morgan fingerprint density at radius 2 is 1.71 bits per heavy atom. The van der Waals surface area contributed by atoms with Gasteiger partial charge in [0.2, 0.25) is 5.78 Å². The standard InChI is InChI=1S/C22H18O6/c1-22-8-9-7-14(25)17-18(15(9)11(22)5-6-13(24)21(22)28)19(26)10-3-2-4-12(23)16(10)20(17)27/h2-7,11,13,21,23-25,28H,8H2,1H3. The molecule has 6 nitrogen and oxygen atoms in total. The van der Waals surface area contributed by atoms with Gasteiger partial charge >= 0.3 is 0 Å². The van der Waals surface area contributed by atoms with Crippen LogP contribution in [0.15, 0.2) is 36.4 Å². The maximum Gasteiger partial charge on any atom is 0.201 e. The number of hydrogen-bond acceptors (Lipinski definition) is 6. The molecule has 0 spiro atoms. The maximum atomic E-state index is 13.3. The molecule has 0 aliphatic heterocycles. The third-order valence-corrected chi connectivity index (χ3v) is 6.49. The highest BCUT2D eigenvalue weighted by Crippen LogP contribution is 2.56. The Balaban J connectivity index is 1.82. The smallest absolute Gasteiger partial charge is 0.201 e. The topological polar surface area (TPSA) is 115 Å². The van der Waals surface area contributed by atoms with Crippen LogP contribution in [0.5, 0.6) is 11.5 Å². The highest BCUT2D eigenvalue weighted by molar-refractivity contribution is 6.31. The first kappa shape index (κ1) is 17.2. The van der Waals surface area contributed by atoms with Crippen LogP contribution in [-0.4, -0.2) is 44.2 Å². The SMILES string of the molecule is CC12Cc3cc(O)c4c(c3C1C=CC(O)C2O)C(=O)c1cccc(O)c1C4=O. The van der Waals surface area contributed by atoms with Gasteiger partial charge in [0.1, 0.15) is 11.5 Å². The summed E-state index contributed by atoms with van der Waals surface area (Å²) in [6, 6.07) is 5.77. The van der Waals surface area contributed by atoms with Crippen molar-refractivity contribution in [3.63, 3.8) is 0 Å². The number of carbonyl (C=O) groups excluding carboxylic acids is 2. The van der Waals surface area contributed by atoms with Crippen LogP contribution in [0.25, 0.3) is 0 Å². The molecule has 0 bridgehead atoms. The second-order valence-electron chi connectivity index (χ2n) is 8.06. The van der Waals surface area contributed by atoms with E-state index < -0.39 is 29.2 Å². The van der Waals surface area contributed by atoms with Crippen LogP contribution >= 0.6 is 0 Å². The molecular weight excluding hydrogens is 360 g/mol. The first-order chi connectivity index (χ1) is 13.3. The lowest BCUT2D eigenvalue weighted by atomic mass is 9.67. The molecule has 4 unspecified atom stereocenters. The third kappa shape index (κ3) is 1.89. The van der Waals surface area contributed by atoms with Crippen molar-refractivity contribution in [3.05, 3.63) is 69.8 Å². The van der Waals surface area contributed by atoms with Crippen molar-refractivity contribution in [2.45, 2.75) is 31.5 Å². The maximum absolute atomic E-state index is 13.3. The quantitative estimate of drug-likeness (QED) is 0.444. The lowest BCUT2D eigenvalue weighted by molar-refractivity contribution is -0.0474. The molecule has 3 aliphatic rings. The first-order valence-electron chi connectivity index (χ1n) is 9.10. The van der Waals surface area contributed by atoms with E-state index in [2.05, 4.69) is 0 Å². The van der Waals surface area contributed by atoms with Crippen molar-refractivity contribution in [2.24, 2.45) is 5.41 Å². The van der Waals surface area contributed by atoms with E-state index in [0.717, 1.165) is 0 Å². The number of rotatable bonds is 0. The van der Waals surface area contributed by atoms with Crippen LogP contribution < -0.4 is 0 Å². The van der Waals surface area contributed by atoms with Gasteiger partial charge in [-0.25, -0.2) is 0 Å². The summed E-state index contributed by atoms with van der Waals surface area (Å²) < 4.78 is 0. The average molecular weight is 378 g/mol. The van der Waals surface area contributed by atoms with E-state index in [4.69, 9.17) is 0 Å². The molecule has 0 fully saturated rings. The van der Waals surface area contributed by atoms with Crippen LogP contribution in [0, 0.1) is 5.41 Å². The number of carbonyl (C=O) groups is 2. The minimum Gasteiger partial charge on any atom is -0.507 e. The zero-order valence-electron chi connectivity index (χ0n) is 15.0. The number of hydrogen-bond donors (Lipinski definition) is 4. The summed E-state index contributed by atoms with van der Waals surface area (Å²) in [6.07, 6.45) is 1.55. The molecule has 28 heavy (non-hydrogen) atoms. The van der Waals surface area contributed by atoms with E-state index in [1.54, 1.807) is 6.08 Å². The van der Waals surface area contributed by atoms with Gasteiger partial charge in [-0.05, 0) is 29.7 Å². The molecule has 2 aromatic carbocycles. The second-order valence-corrected chi connectivity index (χ2v) is 8.06. The average Bonchev–Trinajstić information content (AvgIpc) is 2.94. The molecule has 3 aliphatic carbocycles. The summed E-state index contributed by atoms with van der Waals surface area (Å²) in [7, 11) is 0. The van der Waals surface area contributed by atoms with Crippen molar-refractivity contribution >= 4 is 11.6 Å². The van der Waals surface area contributed by atoms with Crippen molar-refractivity contribution < 1.29 is 30.0 Å². The number of fused-ring (bicyclic) bond motifs is 6. The number of benzene rings is 2. The van der Waals surface area contributed by atoms with E-state index >= 15 is 0 Å². The molecule has 0 saturated carbocycles. The fourth-order valence-corrected chi connectivity index (χ4v) is 5.11. The van der Waals surface area contributed by atoms with Gasteiger partial charge in [0.25, 0.3) is 0 Å². The number of aliphatic hydroxyl groups excluding tert-OH is 2. The molecule has 5 rings (SSSR count). The Morgan fingerprint density at radius 1 is 0.964 bits per heavy atom. The summed E-state index contributed by atoms with van der Waals surface area (Å²) in [6.45, 7) is 1.83. The zero-order chi connectivity index (χ0) is 20.0. The number of aliphatic hydroxyl groups is 2. The predicted octanol–water partition coefficient (Wildman–Crippen LogP) is 1.81. The van der Waals surface area contributed by atoms with Crippen LogP contribution in [-0.2, 0) is 6.42 Å². The zero-order valence-corrected chi connectivity index (χ0v) is 15.0. The Hall–Kier alpha value is -2.96. The number of aromatic hydroxyl groups is 2. The lowest BCUT2D eigenvalue weighted by Crippen LogP contribution is -2.45. The molecule has 0 radical (unpaired) electrons. The summed E-state index contributed by atoms with van der Waals surface area (Å²) in [5, 5.41) is 41.4. The predicted molar refractivity (Wildman–Crippen MR) is 98.8 cm³/mol. The number of ketones is 2. The van der Waals surface area contributed by atoms with Crippen LogP contribution in [0.3, 0.4) is 0 Å². The number of allylic oxidation sites excluding steroid dienone is 1. The largest absolute Gasteiger partial charge is 0.507 e. The van der Waals surface area contributed by atoms with E-state index in [9.17, 15) is 30.0 Å². The van der Waals surface area contributed by atoms with Crippen molar-refractivity contribution in [1.29, 1.82) is 0 Å². The van der Waals surface area contributed by atoms with Crippen LogP contribution in [0.4, 0.5) is 0 Å². The van der Waals surface area contributed by atoms with Crippen molar-refractivity contribution in [3.8, 4) is 11.5 Å². The van der Waals surface area contributed by atoms with Gasteiger partial charge in [0.05, 0.1) is 23.3 Å². The number of phenolic OH excluding ortho intramolecular Hbond substituents is 2. The van der Waals surface area contributed by atoms with Gasteiger partial charge in [-0.3, -0.25) is 9.59 Å². The van der Waals surface area contributed by atoms with Crippen molar-refractivity contribution in [2.75, 3.05) is 0 Å². The highest BCUT2D eigenvalue weighted by Gasteiger charge is 2.53. The Morgan fingerprint density at radius 3 is 2.46 bits per heavy atom. The monoisotopic (exact) mass is 378 g/mol. The van der Waals surface area contributed by atoms with E-state index in [1.807, 2.05) is 6.92 Å². The molecule has 6 heteroatoms. The molecule has 142 valence electrons. The number of phenols is 2. The first-order valence-corrected chi connectivity index (χ1v) is 9.10. The second kappa shape index (κ2) is 5.31. The molecular formula is C22H18O6. The van der Waals surface area contributed by atoms with Gasteiger partial charge in [-0.15, -0.1) is 0 Å². The molecule has 4 atom stereocenters. The van der Waals surface area contributed by atoms with Gasteiger partial charge in [-0.1, -0.05) is 31.2 Å². The minimum atomic E-state index is -1.04. The summed E-state index contributed by atoms with van der Waals surface area (Å²) in [5.74, 6) is -2.04. The fraction of sp³-hybridized carbons (Fsp3) is 0.273. The Labute approximate surface area is 160 Å². The molecule has 0 aromatic heterocycles. The molecule has 0 amide bonds. The lowest BCUT2D eigenvalue weighted by Gasteiger charge is -2.40. The van der Waals surface area contributed by atoms with Gasteiger partial charge < -0.3 is 20.4 Å². The van der Waals surface area contributed by atoms with Crippen LogP contribution in [0.1, 0.15) is 55.8 Å². The van der Waals surface area contributed by atoms with E-state index in [0.29, 0.717) is 17.5 Å². The Bertz CT molecular complexity index is 1110. The summed E-state index contributed by atoms with van der Waals surface area (Å²) >= 11 is 0. The molecule has 0 saturated heterocycles. The van der Waals surface area contributed by atoms with E-state index in [1.165, 1.54) is 30.3 Å². The highest BCUT2D eigenvalue weighted by atomic mass is 16.3. The van der Waals surface area contributed by atoms with Crippen LogP contribution in [0.2, 0.25) is 0 Å². The van der Waals surface area contributed by atoms with Gasteiger partial charge in [-0.2, -0.15) is 0 Å². The molecule has 4 N–H and O–H groups in total. The normalized spacial score (nSPS) is 29.9. The fourth-order valence-electron chi connectivity index (χ4n) is 5.11. The van der Waals surface area contributed by atoms with E-state index in [-0.39, 0.29) is 39.7 Å². The van der Waals surface area contributed by atoms with Gasteiger partial charge in [0, 0.05) is 22.5 Å². The van der Waals surface area contributed by atoms with Gasteiger partial charge in [0.15, 0.2) is 5.78 Å². The van der Waals surface area contributed by atoms with Crippen molar-refractivity contribution in [1.82, 2.24) is 0 Å². The molecule has 2 aromatic rings. The third-order valence-electron chi connectivity index (χ3n) is 6.49. The Kier molecular flexibility index (Phi) is 3.25.